The molecule has 24 heavy (non-hydrogen) atoms. The second kappa shape index (κ2) is 7.14. The molecule has 5 heteroatoms. The number of hydrogen-bond donors (Lipinski definition) is 0. The lowest BCUT2D eigenvalue weighted by Gasteiger charge is -2.37. The van der Waals surface area contributed by atoms with Crippen molar-refractivity contribution in [1.82, 2.24) is 4.90 Å². The summed E-state index contributed by atoms with van der Waals surface area (Å²) in [6.45, 7) is 5.06. The Morgan fingerprint density at radius 2 is 1.71 bits per heavy atom. The molecule has 126 valence electrons. The molecule has 1 aliphatic rings. The maximum Gasteiger partial charge on any atom is 0.253 e. The molecular weight excluding hydrogens is 324 g/mol. The van der Waals surface area contributed by atoms with Crippen LogP contribution in [0.3, 0.4) is 0 Å². The number of piperazine rings is 1. The van der Waals surface area contributed by atoms with E-state index in [2.05, 4.69) is 11.0 Å². The lowest BCUT2D eigenvalue weighted by Crippen LogP contribution is -2.49. The monoisotopic (exact) mass is 344 g/mol. The fourth-order valence-electron chi connectivity index (χ4n) is 3.01. The summed E-state index contributed by atoms with van der Waals surface area (Å²) in [7, 11) is 1.62. The molecule has 1 amide bonds. The summed E-state index contributed by atoms with van der Waals surface area (Å²) in [5.74, 6) is 0.827. The average molecular weight is 345 g/mol. The molecule has 2 aromatic carbocycles. The highest BCUT2D eigenvalue weighted by Gasteiger charge is 2.23. The van der Waals surface area contributed by atoms with E-state index in [0.717, 1.165) is 35.1 Å². The number of nitrogens with zero attached hydrogens (tertiary/aromatic N) is 2. The zero-order valence-electron chi connectivity index (χ0n) is 14.0. The largest absolute Gasteiger partial charge is 0.497 e. The predicted molar refractivity (Wildman–Crippen MR) is 97.3 cm³/mol. The van der Waals surface area contributed by atoms with E-state index in [1.54, 1.807) is 7.11 Å². The number of benzene rings is 2. The number of methoxy groups -OCH3 is 1. The number of anilines is 1. The van der Waals surface area contributed by atoms with E-state index < -0.39 is 0 Å². The lowest BCUT2D eigenvalue weighted by molar-refractivity contribution is 0.0746. The summed E-state index contributed by atoms with van der Waals surface area (Å²) in [4.78, 5) is 16.8. The first-order chi connectivity index (χ1) is 11.6. The van der Waals surface area contributed by atoms with Crippen LogP contribution in [-0.2, 0) is 0 Å². The zero-order valence-corrected chi connectivity index (χ0v) is 14.7. The highest BCUT2D eigenvalue weighted by atomic mass is 35.5. The van der Waals surface area contributed by atoms with Gasteiger partial charge in [0.05, 0.1) is 7.11 Å². The second-order valence-electron chi connectivity index (χ2n) is 5.89. The normalized spacial score (nSPS) is 14.6. The van der Waals surface area contributed by atoms with Gasteiger partial charge in [0.2, 0.25) is 0 Å². The van der Waals surface area contributed by atoms with Crippen molar-refractivity contribution in [3.8, 4) is 5.75 Å². The molecule has 0 saturated carbocycles. The third kappa shape index (κ3) is 3.34. The number of ether oxygens (including phenoxy) is 1. The first kappa shape index (κ1) is 16.7. The van der Waals surface area contributed by atoms with Gasteiger partial charge in [-0.25, -0.2) is 0 Å². The summed E-state index contributed by atoms with van der Waals surface area (Å²) in [6.07, 6.45) is 0. The second-order valence-corrected chi connectivity index (χ2v) is 6.30. The van der Waals surface area contributed by atoms with E-state index in [0.29, 0.717) is 18.7 Å². The first-order valence-corrected chi connectivity index (χ1v) is 8.41. The Bertz CT molecular complexity index is 723. The highest BCUT2D eigenvalue weighted by Crippen LogP contribution is 2.27. The Hall–Kier alpha value is -2.20. The van der Waals surface area contributed by atoms with Crippen LogP contribution in [0.25, 0.3) is 0 Å². The van der Waals surface area contributed by atoms with Gasteiger partial charge in [0.15, 0.2) is 0 Å². The van der Waals surface area contributed by atoms with Crippen molar-refractivity contribution in [2.24, 2.45) is 0 Å². The molecule has 1 heterocycles. The molecule has 0 N–H and O–H groups in total. The molecule has 4 nitrogen and oxygen atoms in total. The van der Waals surface area contributed by atoms with Crippen LogP contribution < -0.4 is 9.64 Å². The quantitative estimate of drug-likeness (QED) is 0.852. The summed E-state index contributed by atoms with van der Waals surface area (Å²) >= 11 is 6.22. The van der Waals surface area contributed by atoms with Gasteiger partial charge in [-0.1, -0.05) is 17.7 Å². The summed E-state index contributed by atoms with van der Waals surface area (Å²) in [5.41, 5.74) is 2.94. The van der Waals surface area contributed by atoms with Crippen LogP contribution in [0, 0.1) is 6.92 Å². The summed E-state index contributed by atoms with van der Waals surface area (Å²) in [6, 6.07) is 13.2. The molecule has 3 rings (SSSR count). The van der Waals surface area contributed by atoms with Gasteiger partial charge in [-0.2, -0.15) is 0 Å². The molecule has 0 atom stereocenters. The van der Waals surface area contributed by atoms with Crippen LogP contribution in [0.5, 0.6) is 5.75 Å². The minimum Gasteiger partial charge on any atom is -0.497 e. The summed E-state index contributed by atoms with van der Waals surface area (Å²) < 4.78 is 5.14. The fraction of sp³-hybridized carbons (Fsp3) is 0.316. The van der Waals surface area contributed by atoms with Gasteiger partial charge < -0.3 is 14.5 Å². The number of carbonyl (C=O) groups excluding carboxylic acids is 1. The SMILES string of the molecule is COc1ccc(C(=O)N2CCN(c3cccc(Cl)c3C)CC2)cc1. The maximum absolute atomic E-state index is 12.6. The molecule has 0 radical (unpaired) electrons. The van der Waals surface area contributed by atoms with Gasteiger partial charge in [0, 0.05) is 42.5 Å². The predicted octanol–water partition coefficient (Wildman–Crippen LogP) is 3.62. The van der Waals surface area contributed by atoms with E-state index in [1.807, 2.05) is 48.2 Å². The Kier molecular flexibility index (Phi) is 4.95. The minimum atomic E-state index is 0.0696. The van der Waals surface area contributed by atoms with E-state index in [9.17, 15) is 4.79 Å². The van der Waals surface area contributed by atoms with Crippen LogP contribution in [0.15, 0.2) is 42.5 Å². The Labute approximate surface area is 147 Å². The smallest absolute Gasteiger partial charge is 0.253 e. The van der Waals surface area contributed by atoms with Crippen molar-refractivity contribution in [3.63, 3.8) is 0 Å². The van der Waals surface area contributed by atoms with E-state index in [-0.39, 0.29) is 5.91 Å². The molecule has 1 aliphatic heterocycles. The van der Waals surface area contributed by atoms with Crippen LogP contribution in [0.1, 0.15) is 15.9 Å². The molecule has 1 saturated heterocycles. The molecule has 0 spiro atoms. The van der Waals surface area contributed by atoms with Crippen LogP contribution in [0.4, 0.5) is 5.69 Å². The third-order valence-electron chi connectivity index (χ3n) is 4.48. The van der Waals surface area contributed by atoms with Gasteiger partial charge in [0.1, 0.15) is 5.75 Å². The van der Waals surface area contributed by atoms with Gasteiger partial charge >= 0.3 is 0 Å². The number of amides is 1. The number of rotatable bonds is 3. The standard InChI is InChI=1S/C19H21ClN2O2/c1-14-17(20)4-3-5-18(14)21-10-12-22(13-11-21)19(23)15-6-8-16(24-2)9-7-15/h3-9H,10-13H2,1-2H3. The first-order valence-electron chi connectivity index (χ1n) is 8.03. The van der Waals surface area contributed by atoms with Crippen molar-refractivity contribution >= 4 is 23.2 Å². The average Bonchev–Trinajstić information content (AvgIpc) is 2.64. The molecular formula is C19H21ClN2O2. The van der Waals surface area contributed by atoms with E-state index >= 15 is 0 Å². The molecule has 0 aliphatic carbocycles. The van der Waals surface area contributed by atoms with Gasteiger partial charge in [-0.05, 0) is 48.9 Å². The lowest BCUT2D eigenvalue weighted by atomic mass is 10.1. The van der Waals surface area contributed by atoms with Crippen molar-refractivity contribution in [1.29, 1.82) is 0 Å². The van der Waals surface area contributed by atoms with Crippen molar-refractivity contribution in [3.05, 3.63) is 58.6 Å². The summed E-state index contributed by atoms with van der Waals surface area (Å²) in [5, 5.41) is 0.782. The van der Waals surface area contributed by atoms with E-state index in [4.69, 9.17) is 16.3 Å². The number of carbonyl (C=O) groups is 1. The third-order valence-corrected chi connectivity index (χ3v) is 4.89. The van der Waals surface area contributed by atoms with Crippen LogP contribution in [-0.4, -0.2) is 44.1 Å². The number of hydrogen-bond acceptors (Lipinski definition) is 3. The molecule has 2 aromatic rings. The van der Waals surface area contributed by atoms with Gasteiger partial charge in [0.25, 0.3) is 5.91 Å². The van der Waals surface area contributed by atoms with Crippen LogP contribution in [0.2, 0.25) is 5.02 Å². The number of halogens is 1. The molecule has 1 fully saturated rings. The topological polar surface area (TPSA) is 32.8 Å². The molecule has 0 bridgehead atoms. The van der Waals surface area contributed by atoms with E-state index in [1.165, 1.54) is 0 Å². The highest BCUT2D eigenvalue weighted by molar-refractivity contribution is 6.31. The van der Waals surface area contributed by atoms with Crippen molar-refractivity contribution < 1.29 is 9.53 Å². The molecule has 0 aromatic heterocycles. The maximum atomic E-state index is 12.6. The van der Waals surface area contributed by atoms with Crippen molar-refractivity contribution in [2.45, 2.75) is 6.92 Å². The zero-order chi connectivity index (χ0) is 17.1. The van der Waals surface area contributed by atoms with Gasteiger partial charge in [-0.3, -0.25) is 4.79 Å². The van der Waals surface area contributed by atoms with Crippen molar-refractivity contribution in [2.75, 3.05) is 38.2 Å². The Balaban J connectivity index is 1.66. The Morgan fingerprint density at radius 3 is 2.33 bits per heavy atom. The molecule has 0 unspecified atom stereocenters. The van der Waals surface area contributed by atoms with Gasteiger partial charge in [-0.15, -0.1) is 0 Å². The minimum absolute atomic E-state index is 0.0696. The Morgan fingerprint density at radius 1 is 1.04 bits per heavy atom. The van der Waals surface area contributed by atoms with Crippen LogP contribution >= 0.6 is 11.6 Å². The fourth-order valence-corrected chi connectivity index (χ4v) is 3.17.